The van der Waals surface area contributed by atoms with Gasteiger partial charge in [0.05, 0.1) is 17.7 Å². The molecular weight excluding hydrogens is 418 g/mol. The zero-order chi connectivity index (χ0) is 20.2. The van der Waals surface area contributed by atoms with E-state index in [0.717, 1.165) is 40.9 Å². The molecule has 0 saturated heterocycles. The smallest absolute Gasteiger partial charge is 0.255 e. The third kappa shape index (κ3) is 7.55. The van der Waals surface area contributed by atoms with Gasteiger partial charge in [0.15, 0.2) is 0 Å². The lowest BCUT2D eigenvalue weighted by molar-refractivity contribution is 0.102. The van der Waals surface area contributed by atoms with E-state index in [-0.39, 0.29) is 5.91 Å². The number of halogens is 1. The standard InChI is InChI=1S/C23H30BrNO3/c1-3-5-7-8-16-28-22-14-9-18(17-21(22)24)23(26)25-19-10-12-20(13-11-19)27-15-6-4-2/h9-14,17H,3-8,15-16H2,1-2H3,(H,25,26). The highest BCUT2D eigenvalue weighted by Crippen LogP contribution is 2.27. The molecule has 0 aliphatic rings. The third-order valence-electron chi connectivity index (χ3n) is 4.33. The Balaban J connectivity index is 1.87. The lowest BCUT2D eigenvalue weighted by Gasteiger charge is -2.11. The van der Waals surface area contributed by atoms with Crippen molar-refractivity contribution in [2.75, 3.05) is 18.5 Å². The second-order valence-electron chi connectivity index (χ2n) is 6.73. The van der Waals surface area contributed by atoms with E-state index in [2.05, 4.69) is 35.1 Å². The van der Waals surface area contributed by atoms with E-state index in [9.17, 15) is 4.79 Å². The molecule has 2 aromatic carbocycles. The van der Waals surface area contributed by atoms with E-state index in [1.807, 2.05) is 30.3 Å². The summed E-state index contributed by atoms with van der Waals surface area (Å²) in [7, 11) is 0. The summed E-state index contributed by atoms with van der Waals surface area (Å²) in [5.41, 5.74) is 1.31. The Hall–Kier alpha value is -2.01. The number of hydrogen-bond donors (Lipinski definition) is 1. The molecule has 5 heteroatoms. The molecule has 1 N–H and O–H groups in total. The predicted octanol–water partition coefficient (Wildman–Crippen LogP) is 6.84. The second-order valence-corrected chi connectivity index (χ2v) is 7.59. The van der Waals surface area contributed by atoms with E-state index in [1.54, 1.807) is 12.1 Å². The summed E-state index contributed by atoms with van der Waals surface area (Å²) in [5.74, 6) is 1.42. The van der Waals surface area contributed by atoms with Gasteiger partial charge in [-0.25, -0.2) is 0 Å². The summed E-state index contributed by atoms with van der Waals surface area (Å²) >= 11 is 3.50. The Morgan fingerprint density at radius 2 is 1.61 bits per heavy atom. The van der Waals surface area contributed by atoms with Gasteiger partial charge in [0.1, 0.15) is 11.5 Å². The highest BCUT2D eigenvalue weighted by Gasteiger charge is 2.10. The van der Waals surface area contributed by atoms with Crippen molar-refractivity contribution in [3.8, 4) is 11.5 Å². The normalized spacial score (nSPS) is 10.5. The van der Waals surface area contributed by atoms with Crippen molar-refractivity contribution in [3.05, 3.63) is 52.5 Å². The summed E-state index contributed by atoms with van der Waals surface area (Å²) in [6, 6.07) is 12.9. The lowest BCUT2D eigenvalue weighted by atomic mass is 10.2. The minimum Gasteiger partial charge on any atom is -0.494 e. The molecule has 0 aliphatic carbocycles. The molecule has 0 fully saturated rings. The van der Waals surface area contributed by atoms with Gasteiger partial charge in [-0.05, 0) is 71.2 Å². The third-order valence-corrected chi connectivity index (χ3v) is 4.95. The highest BCUT2D eigenvalue weighted by molar-refractivity contribution is 9.10. The molecular formula is C23H30BrNO3. The highest BCUT2D eigenvalue weighted by atomic mass is 79.9. The van der Waals surface area contributed by atoms with Crippen molar-refractivity contribution in [2.45, 2.75) is 52.4 Å². The number of amides is 1. The maximum Gasteiger partial charge on any atom is 0.255 e. The van der Waals surface area contributed by atoms with Crippen LogP contribution in [0.2, 0.25) is 0 Å². The summed E-state index contributed by atoms with van der Waals surface area (Å²) in [6.45, 7) is 5.73. The molecule has 0 aliphatic heterocycles. The van der Waals surface area contributed by atoms with E-state index >= 15 is 0 Å². The van der Waals surface area contributed by atoms with Gasteiger partial charge in [-0.2, -0.15) is 0 Å². The Morgan fingerprint density at radius 1 is 0.893 bits per heavy atom. The topological polar surface area (TPSA) is 47.6 Å². The number of rotatable bonds is 12. The monoisotopic (exact) mass is 447 g/mol. The van der Waals surface area contributed by atoms with Gasteiger partial charge in [-0.3, -0.25) is 4.79 Å². The first kappa shape index (κ1) is 22.3. The number of carbonyl (C=O) groups excluding carboxylic acids is 1. The van der Waals surface area contributed by atoms with Gasteiger partial charge in [-0.1, -0.05) is 39.5 Å². The average molecular weight is 448 g/mol. The van der Waals surface area contributed by atoms with Gasteiger partial charge >= 0.3 is 0 Å². The van der Waals surface area contributed by atoms with E-state index < -0.39 is 0 Å². The molecule has 0 atom stereocenters. The summed E-state index contributed by atoms with van der Waals surface area (Å²) in [4.78, 5) is 12.5. The van der Waals surface area contributed by atoms with Crippen LogP contribution in [0.1, 0.15) is 62.7 Å². The molecule has 2 rings (SSSR count). The maximum atomic E-state index is 12.5. The molecule has 0 unspecified atom stereocenters. The number of benzene rings is 2. The molecule has 0 aromatic heterocycles. The molecule has 0 spiro atoms. The number of anilines is 1. The molecule has 28 heavy (non-hydrogen) atoms. The second kappa shape index (κ2) is 12.4. The first-order valence-corrected chi connectivity index (χ1v) is 10.9. The Morgan fingerprint density at radius 3 is 2.29 bits per heavy atom. The Bertz CT molecular complexity index is 731. The van der Waals surface area contributed by atoms with Crippen molar-refractivity contribution in [2.24, 2.45) is 0 Å². The molecule has 0 saturated carbocycles. The number of ether oxygens (including phenoxy) is 2. The first-order valence-electron chi connectivity index (χ1n) is 10.1. The fraction of sp³-hybridized carbons (Fsp3) is 0.435. The van der Waals surface area contributed by atoms with Crippen molar-refractivity contribution < 1.29 is 14.3 Å². The number of unbranched alkanes of at least 4 members (excludes halogenated alkanes) is 4. The molecule has 0 heterocycles. The van der Waals surface area contributed by atoms with Crippen LogP contribution in [0.15, 0.2) is 46.9 Å². The maximum absolute atomic E-state index is 12.5. The van der Waals surface area contributed by atoms with Crippen LogP contribution in [-0.4, -0.2) is 19.1 Å². The van der Waals surface area contributed by atoms with Crippen LogP contribution < -0.4 is 14.8 Å². The van der Waals surface area contributed by atoms with Crippen LogP contribution in [0.25, 0.3) is 0 Å². The van der Waals surface area contributed by atoms with Crippen LogP contribution in [0.3, 0.4) is 0 Å². The van der Waals surface area contributed by atoms with Crippen LogP contribution in [0.4, 0.5) is 5.69 Å². The van der Waals surface area contributed by atoms with Crippen molar-refractivity contribution in [1.29, 1.82) is 0 Å². The number of hydrogen-bond acceptors (Lipinski definition) is 3. The zero-order valence-electron chi connectivity index (χ0n) is 16.8. The largest absolute Gasteiger partial charge is 0.494 e. The van der Waals surface area contributed by atoms with Crippen molar-refractivity contribution in [3.63, 3.8) is 0 Å². The molecule has 152 valence electrons. The predicted molar refractivity (Wildman–Crippen MR) is 119 cm³/mol. The number of carbonyl (C=O) groups is 1. The number of nitrogens with one attached hydrogen (secondary N) is 1. The minimum absolute atomic E-state index is 0.158. The van der Waals surface area contributed by atoms with Crippen LogP contribution in [0, 0.1) is 0 Å². The van der Waals surface area contributed by atoms with E-state index in [4.69, 9.17) is 9.47 Å². The molecule has 2 aromatic rings. The minimum atomic E-state index is -0.158. The van der Waals surface area contributed by atoms with Gasteiger partial charge < -0.3 is 14.8 Å². The lowest BCUT2D eigenvalue weighted by Crippen LogP contribution is -2.12. The van der Waals surface area contributed by atoms with Crippen molar-refractivity contribution in [1.82, 2.24) is 0 Å². The van der Waals surface area contributed by atoms with Crippen LogP contribution in [0.5, 0.6) is 11.5 Å². The first-order chi connectivity index (χ1) is 13.6. The SMILES string of the molecule is CCCCCCOc1ccc(C(=O)Nc2ccc(OCCCC)cc2)cc1Br. The van der Waals surface area contributed by atoms with E-state index in [1.165, 1.54) is 19.3 Å². The summed E-state index contributed by atoms with van der Waals surface area (Å²) in [6.07, 6.45) is 6.80. The molecule has 0 bridgehead atoms. The molecule has 0 radical (unpaired) electrons. The van der Waals surface area contributed by atoms with Crippen molar-refractivity contribution >= 4 is 27.5 Å². The fourth-order valence-corrected chi connectivity index (χ4v) is 3.14. The fourth-order valence-electron chi connectivity index (χ4n) is 2.64. The summed E-state index contributed by atoms with van der Waals surface area (Å²) < 4.78 is 12.2. The van der Waals surface area contributed by atoms with Gasteiger partial charge in [0.25, 0.3) is 5.91 Å². The molecule has 1 amide bonds. The quantitative estimate of drug-likeness (QED) is 0.362. The Kier molecular flexibility index (Phi) is 9.91. The van der Waals surface area contributed by atoms with E-state index in [0.29, 0.717) is 18.8 Å². The van der Waals surface area contributed by atoms with Crippen LogP contribution >= 0.6 is 15.9 Å². The van der Waals surface area contributed by atoms with Gasteiger partial charge in [0, 0.05) is 11.3 Å². The Labute approximate surface area is 176 Å². The van der Waals surface area contributed by atoms with Gasteiger partial charge in [-0.15, -0.1) is 0 Å². The van der Waals surface area contributed by atoms with Gasteiger partial charge in [0.2, 0.25) is 0 Å². The zero-order valence-corrected chi connectivity index (χ0v) is 18.4. The molecule has 4 nitrogen and oxygen atoms in total. The average Bonchev–Trinajstić information content (AvgIpc) is 2.70. The van der Waals surface area contributed by atoms with Crippen LogP contribution in [-0.2, 0) is 0 Å². The summed E-state index contributed by atoms with van der Waals surface area (Å²) in [5, 5.41) is 2.91.